The maximum atomic E-state index is 12.8. The van der Waals surface area contributed by atoms with E-state index in [0.29, 0.717) is 19.5 Å². The molecule has 26 heavy (non-hydrogen) atoms. The lowest BCUT2D eigenvalue weighted by molar-refractivity contribution is -0.138. The monoisotopic (exact) mass is 380 g/mol. The fourth-order valence-electron chi connectivity index (χ4n) is 5.02. The molecule has 7 nitrogen and oxygen atoms in total. The topological polar surface area (TPSA) is 86.4 Å². The van der Waals surface area contributed by atoms with Crippen LogP contribution >= 0.6 is 0 Å². The number of hydrogen-bond acceptors (Lipinski definition) is 5. The van der Waals surface area contributed by atoms with Gasteiger partial charge in [0.05, 0.1) is 35.0 Å². The number of sulfone groups is 1. The SMILES string of the molecule is CCCN1CCc2[nH]cnc2C12CCN(C(=O)C1CCS(=O)(=O)C1)CC2. The second kappa shape index (κ2) is 6.64. The van der Waals surface area contributed by atoms with E-state index in [1.54, 1.807) is 6.33 Å². The van der Waals surface area contributed by atoms with Crippen molar-refractivity contribution in [1.29, 1.82) is 0 Å². The number of hydrogen-bond donors (Lipinski definition) is 1. The van der Waals surface area contributed by atoms with Crippen LogP contribution in [-0.2, 0) is 26.6 Å². The van der Waals surface area contributed by atoms with Crippen molar-refractivity contribution in [3.05, 3.63) is 17.7 Å². The Kier molecular flexibility index (Phi) is 4.59. The molecule has 1 aromatic rings. The van der Waals surface area contributed by atoms with Gasteiger partial charge in [0.1, 0.15) is 0 Å². The number of carbonyl (C=O) groups is 1. The normalized spacial score (nSPS) is 27.6. The van der Waals surface area contributed by atoms with Gasteiger partial charge in [-0.1, -0.05) is 6.92 Å². The molecule has 3 aliphatic heterocycles. The number of aromatic nitrogens is 2. The van der Waals surface area contributed by atoms with Gasteiger partial charge in [-0.2, -0.15) is 0 Å². The molecule has 1 spiro atoms. The van der Waals surface area contributed by atoms with E-state index in [9.17, 15) is 13.2 Å². The summed E-state index contributed by atoms with van der Waals surface area (Å²) in [5.74, 6) is -0.129. The summed E-state index contributed by atoms with van der Waals surface area (Å²) in [5.41, 5.74) is 2.31. The molecule has 0 aliphatic carbocycles. The summed E-state index contributed by atoms with van der Waals surface area (Å²) >= 11 is 0. The van der Waals surface area contributed by atoms with Crippen LogP contribution in [0.3, 0.4) is 0 Å². The molecule has 0 bridgehead atoms. The van der Waals surface area contributed by atoms with Crippen LogP contribution in [-0.4, -0.2) is 71.8 Å². The molecule has 0 saturated carbocycles. The number of carbonyl (C=O) groups excluding carboxylic acids is 1. The number of amides is 1. The summed E-state index contributed by atoms with van der Waals surface area (Å²) in [7, 11) is -3.02. The Labute approximate surface area is 155 Å². The summed E-state index contributed by atoms with van der Waals surface area (Å²) in [6, 6.07) is 0. The van der Waals surface area contributed by atoms with Crippen molar-refractivity contribution in [2.45, 2.75) is 44.6 Å². The van der Waals surface area contributed by atoms with Gasteiger partial charge in [0.25, 0.3) is 0 Å². The molecule has 144 valence electrons. The van der Waals surface area contributed by atoms with Gasteiger partial charge in [-0.05, 0) is 32.2 Å². The molecule has 0 radical (unpaired) electrons. The van der Waals surface area contributed by atoms with Crippen molar-refractivity contribution >= 4 is 15.7 Å². The summed E-state index contributed by atoms with van der Waals surface area (Å²) in [6.45, 7) is 5.63. The number of imidazole rings is 1. The highest BCUT2D eigenvalue weighted by Crippen LogP contribution is 2.42. The lowest BCUT2D eigenvalue weighted by atomic mass is 9.78. The fourth-order valence-corrected chi connectivity index (χ4v) is 6.75. The van der Waals surface area contributed by atoms with E-state index in [2.05, 4.69) is 21.8 Å². The first-order chi connectivity index (χ1) is 12.5. The lowest BCUT2D eigenvalue weighted by Crippen LogP contribution is -2.57. The van der Waals surface area contributed by atoms with Crippen molar-refractivity contribution in [2.24, 2.45) is 5.92 Å². The first kappa shape index (κ1) is 18.0. The van der Waals surface area contributed by atoms with Crippen LogP contribution in [0.4, 0.5) is 0 Å². The fraction of sp³-hybridized carbons (Fsp3) is 0.778. The van der Waals surface area contributed by atoms with Gasteiger partial charge in [-0.3, -0.25) is 9.69 Å². The number of aromatic amines is 1. The second-order valence-corrected chi connectivity index (χ2v) is 10.2. The quantitative estimate of drug-likeness (QED) is 0.843. The average Bonchev–Trinajstić information content (AvgIpc) is 3.24. The summed E-state index contributed by atoms with van der Waals surface area (Å²) in [4.78, 5) is 25.2. The minimum Gasteiger partial charge on any atom is -0.348 e. The van der Waals surface area contributed by atoms with E-state index in [1.807, 2.05) is 4.90 Å². The zero-order valence-electron chi connectivity index (χ0n) is 15.4. The average molecular weight is 381 g/mol. The largest absolute Gasteiger partial charge is 0.348 e. The van der Waals surface area contributed by atoms with Crippen LogP contribution in [0, 0.1) is 5.92 Å². The zero-order valence-corrected chi connectivity index (χ0v) is 16.2. The first-order valence-corrected chi connectivity index (χ1v) is 11.5. The zero-order chi connectivity index (χ0) is 18.4. The van der Waals surface area contributed by atoms with E-state index in [-0.39, 0.29) is 28.9 Å². The molecule has 1 aromatic heterocycles. The molecule has 3 aliphatic rings. The number of piperidine rings is 1. The van der Waals surface area contributed by atoms with Gasteiger partial charge in [-0.15, -0.1) is 0 Å². The number of H-pyrrole nitrogens is 1. The van der Waals surface area contributed by atoms with Crippen molar-refractivity contribution < 1.29 is 13.2 Å². The van der Waals surface area contributed by atoms with Crippen LogP contribution in [0.25, 0.3) is 0 Å². The Morgan fingerprint density at radius 3 is 2.77 bits per heavy atom. The van der Waals surface area contributed by atoms with E-state index in [4.69, 9.17) is 0 Å². The molecule has 4 rings (SSSR count). The van der Waals surface area contributed by atoms with E-state index in [0.717, 1.165) is 44.5 Å². The lowest BCUT2D eigenvalue weighted by Gasteiger charge is -2.50. The molecular formula is C18H28N4O3S. The minimum absolute atomic E-state index is 0.0267. The van der Waals surface area contributed by atoms with Gasteiger partial charge >= 0.3 is 0 Å². The van der Waals surface area contributed by atoms with Gasteiger partial charge in [0, 0.05) is 31.7 Å². The van der Waals surface area contributed by atoms with E-state index >= 15 is 0 Å². The molecule has 2 saturated heterocycles. The first-order valence-electron chi connectivity index (χ1n) is 9.72. The molecule has 0 aromatic carbocycles. The smallest absolute Gasteiger partial charge is 0.226 e. The van der Waals surface area contributed by atoms with Crippen molar-refractivity contribution in [3.63, 3.8) is 0 Å². The number of nitrogens with zero attached hydrogens (tertiary/aromatic N) is 3. The standard InChI is InChI=1S/C18H28N4O3S/c1-2-7-22-8-3-15-16(20-13-19-15)18(22)5-9-21(10-6-18)17(23)14-4-11-26(24,25)12-14/h13-14H,2-12H2,1H3,(H,19,20). The number of likely N-dealkylation sites (tertiary alicyclic amines) is 1. The van der Waals surface area contributed by atoms with Crippen molar-refractivity contribution in [3.8, 4) is 0 Å². The Morgan fingerprint density at radius 2 is 2.12 bits per heavy atom. The van der Waals surface area contributed by atoms with Gasteiger partial charge < -0.3 is 9.88 Å². The Hall–Kier alpha value is -1.41. The predicted octanol–water partition coefficient (Wildman–Crippen LogP) is 0.930. The molecule has 1 unspecified atom stereocenters. The second-order valence-electron chi connectivity index (χ2n) is 7.92. The third-order valence-electron chi connectivity index (χ3n) is 6.37. The highest BCUT2D eigenvalue weighted by Gasteiger charge is 2.47. The number of fused-ring (bicyclic) bond motifs is 2. The van der Waals surface area contributed by atoms with E-state index < -0.39 is 9.84 Å². The van der Waals surface area contributed by atoms with Crippen molar-refractivity contribution in [2.75, 3.05) is 37.7 Å². The molecular weight excluding hydrogens is 352 g/mol. The maximum absolute atomic E-state index is 12.8. The van der Waals surface area contributed by atoms with Gasteiger partial charge in [0.2, 0.25) is 5.91 Å². The van der Waals surface area contributed by atoms with Crippen LogP contribution in [0.2, 0.25) is 0 Å². The van der Waals surface area contributed by atoms with Crippen LogP contribution in [0.15, 0.2) is 6.33 Å². The molecule has 4 heterocycles. The summed E-state index contributed by atoms with van der Waals surface area (Å²) in [6.07, 6.45) is 6.12. The van der Waals surface area contributed by atoms with Crippen molar-refractivity contribution in [1.82, 2.24) is 19.8 Å². The van der Waals surface area contributed by atoms with Crippen LogP contribution in [0.1, 0.15) is 44.0 Å². The third-order valence-corrected chi connectivity index (χ3v) is 8.14. The number of rotatable bonds is 3. The van der Waals surface area contributed by atoms with Crippen LogP contribution in [0.5, 0.6) is 0 Å². The minimum atomic E-state index is -3.02. The predicted molar refractivity (Wildman–Crippen MR) is 98.4 cm³/mol. The summed E-state index contributed by atoms with van der Waals surface area (Å²) in [5, 5.41) is 0. The molecule has 1 amide bonds. The Bertz CT molecular complexity index is 780. The molecule has 1 N–H and O–H groups in total. The maximum Gasteiger partial charge on any atom is 0.226 e. The van der Waals surface area contributed by atoms with E-state index in [1.165, 1.54) is 5.69 Å². The number of nitrogens with one attached hydrogen (secondary N) is 1. The van der Waals surface area contributed by atoms with Gasteiger partial charge in [0.15, 0.2) is 9.84 Å². The molecule has 8 heteroatoms. The van der Waals surface area contributed by atoms with Gasteiger partial charge in [-0.25, -0.2) is 13.4 Å². The Morgan fingerprint density at radius 1 is 1.35 bits per heavy atom. The Balaban J connectivity index is 1.50. The highest BCUT2D eigenvalue weighted by molar-refractivity contribution is 7.91. The van der Waals surface area contributed by atoms with Crippen LogP contribution < -0.4 is 0 Å². The highest BCUT2D eigenvalue weighted by atomic mass is 32.2. The third kappa shape index (κ3) is 2.97. The molecule has 1 atom stereocenters. The summed E-state index contributed by atoms with van der Waals surface area (Å²) < 4.78 is 23.4. The molecule has 2 fully saturated rings.